The predicted octanol–water partition coefficient (Wildman–Crippen LogP) is 4.03. The number of anilines is 1. The van der Waals surface area contributed by atoms with Gasteiger partial charge in [0.2, 0.25) is 0 Å². The molecule has 0 atom stereocenters. The number of hydrogen-bond acceptors (Lipinski definition) is 2. The van der Waals surface area contributed by atoms with Gasteiger partial charge in [-0.05, 0) is 62.2 Å². The van der Waals surface area contributed by atoms with Crippen molar-refractivity contribution in [1.82, 2.24) is 4.57 Å². The lowest BCUT2D eigenvalue weighted by Crippen LogP contribution is -1.96. The number of aromatic nitrogens is 1. The van der Waals surface area contributed by atoms with Gasteiger partial charge in [-0.3, -0.25) is 4.79 Å². The molecule has 0 aliphatic heterocycles. The minimum atomic E-state index is -0.0688. The van der Waals surface area contributed by atoms with Gasteiger partial charge in [-0.2, -0.15) is 0 Å². The highest BCUT2D eigenvalue weighted by atomic mass is 79.9. The molecule has 0 spiro atoms. The Kier molecular flexibility index (Phi) is 4.27. The molecule has 0 saturated carbocycles. The van der Waals surface area contributed by atoms with E-state index in [0.29, 0.717) is 11.3 Å². The number of benzene rings is 1. The minimum absolute atomic E-state index is 0.0688. The van der Waals surface area contributed by atoms with Crippen molar-refractivity contribution >= 4 is 49.4 Å². The first-order valence-corrected chi connectivity index (χ1v) is 7.16. The first-order chi connectivity index (χ1) is 8.99. The molecular weight excluding hydrogens is 372 g/mol. The largest absolute Gasteiger partial charge is 0.399 e. The molecule has 1 heterocycles. The first kappa shape index (κ1) is 14.1. The second-order valence-corrected chi connectivity index (χ2v) is 5.70. The third-order valence-electron chi connectivity index (χ3n) is 2.73. The van der Waals surface area contributed by atoms with E-state index in [1.165, 1.54) is 0 Å². The van der Waals surface area contributed by atoms with Crippen molar-refractivity contribution in [3.05, 3.63) is 56.7 Å². The van der Waals surface area contributed by atoms with E-state index in [9.17, 15) is 4.79 Å². The molecule has 0 aliphatic rings. The van der Waals surface area contributed by atoms with E-state index in [1.807, 2.05) is 17.7 Å². The van der Waals surface area contributed by atoms with Crippen LogP contribution < -0.4 is 5.73 Å². The summed E-state index contributed by atoms with van der Waals surface area (Å²) in [5, 5.41) is 0. The molecule has 0 saturated heterocycles. The average Bonchev–Trinajstić information content (AvgIpc) is 2.63. The van der Waals surface area contributed by atoms with Gasteiger partial charge in [-0.25, -0.2) is 0 Å². The summed E-state index contributed by atoms with van der Waals surface area (Å²) in [7, 11) is 1.92. The fraction of sp³-hybridized carbons (Fsp3) is 0.0714. The molecule has 2 N–H and O–H groups in total. The molecule has 2 rings (SSSR count). The van der Waals surface area contributed by atoms with Gasteiger partial charge in [0.25, 0.3) is 0 Å². The number of ketones is 1. The van der Waals surface area contributed by atoms with Crippen molar-refractivity contribution in [3.8, 4) is 0 Å². The third kappa shape index (κ3) is 3.16. The Morgan fingerprint density at radius 2 is 2.05 bits per heavy atom. The monoisotopic (exact) mass is 382 g/mol. The second kappa shape index (κ2) is 5.75. The number of hydrogen-bond donors (Lipinski definition) is 1. The Balaban J connectivity index is 2.23. The van der Waals surface area contributed by atoms with E-state index in [1.54, 1.807) is 36.4 Å². The molecular formula is C14H12Br2N2O. The van der Waals surface area contributed by atoms with Crippen molar-refractivity contribution < 1.29 is 4.79 Å². The van der Waals surface area contributed by atoms with Crippen molar-refractivity contribution in [1.29, 1.82) is 0 Å². The highest BCUT2D eigenvalue weighted by Crippen LogP contribution is 2.26. The number of carbonyl (C=O) groups excluding carboxylic acids is 1. The van der Waals surface area contributed by atoms with Gasteiger partial charge in [0.05, 0.1) is 9.08 Å². The van der Waals surface area contributed by atoms with Crippen molar-refractivity contribution in [2.75, 3.05) is 5.73 Å². The quantitative estimate of drug-likeness (QED) is 0.494. The van der Waals surface area contributed by atoms with E-state index in [-0.39, 0.29) is 5.78 Å². The van der Waals surface area contributed by atoms with E-state index in [2.05, 4.69) is 31.9 Å². The number of halogens is 2. The van der Waals surface area contributed by atoms with E-state index in [0.717, 1.165) is 14.8 Å². The number of carbonyl (C=O) groups is 1. The van der Waals surface area contributed by atoms with Crippen LogP contribution in [0.2, 0.25) is 0 Å². The van der Waals surface area contributed by atoms with E-state index < -0.39 is 0 Å². The SMILES string of the molecule is Cn1c(/C=C/C(=O)c2cccc(N)c2)cc(Br)c1Br. The van der Waals surface area contributed by atoms with Crippen LogP contribution >= 0.6 is 31.9 Å². The van der Waals surface area contributed by atoms with Crippen LogP contribution in [0, 0.1) is 0 Å². The Morgan fingerprint density at radius 3 is 2.63 bits per heavy atom. The molecule has 1 aromatic heterocycles. The summed E-state index contributed by atoms with van der Waals surface area (Å²) in [4.78, 5) is 12.0. The zero-order valence-corrected chi connectivity index (χ0v) is 13.4. The van der Waals surface area contributed by atoms with Gasteiger partial charge < -0.3 is 10.3 Å². The topological polar surface area (TPSA) is 48.0 Å². The molecule has 2 aromatic rings. The van der Waals surface area contributed by atoms with Crippen LogP contribution in [-0.2, 0) is 7.05 Å². The van der Waals surface area contributed by atoms with Crippen LogP contribution in [0.3, 0.4) is 0 Å². The lowest BCUT2D eigenvalue weighted by molar-refractivity contribution is 0.104. The van der Waals surface area contributed by atoms with Gasteiger partial charge in [0, 0.05) is 24.0 Å². The first-order valence-electron chi connectivity index (χ1n) is 5.57. The van der Waals surface area contributed by atoms with Gasteiger partial charge >= 0.3 is 0 Å². The molecule has 0 unspecified atom stereocenters. The summed E-state index contributed by atoms with van der Waals surface area (Å²) in [5.74, 6) is -0.0688. The molecule has 5 heteroatoms. The molecule has 19 heavy (non-hydrogen) atoms. The highest BCUT2D eigenvalue weighted by Gasteiger charge is 2.06. The van der Waals surface area contributed by atoms with Crippen LogP contribution in [0.4, 0.5) is 5.69 Å². The maximum Gasteiger partial charge on any atom is 0.185 e. The van der Waals surface area contributed by atoms with Gasteiger partial charge in [-0.1, -0.05) is 12.1 Å². The zero-order chi connectivity index (χ0) is 14.0. The smallest absolute Gasteiger partial charge is 0.185 e. The Hall–Kier alpha value is -1.33. The number of nitrogens with zero attached hydrogens (tertiary/aromatic N) is 1. The van der Waals surface area contributed by atoms with Crippen LogP contribution in [-0.4, -0.2) is 10.4 Å². The molecule has 0 aliphatic carbocycles. The summed E-state index contributed by atoms with van der Waals surface area (Å²) in [6.07, 6.45) is 3.32. The highest BCUT2D eigenvalue weighted by molar-refractivity contribution is 9.13. The van der Waals surface area contributed by atoms with Gasteiger partial charge in [0.1, 0.15) is 0 Å². The number of nitrogens with two attached hydrogens (primary N) is 1. The maximum atomic E-state index is 12.0. The number of rotatable bonds is 3. The molecule has 98 valence electrons. The Morgan fingerprint density at radius 1 is 1.32 bits per heavy atom. The molecule has 0 amide bonds. The zero-order valence-electron chi connectivity index (χ0n) is 10.2. The van der Waals surface area contributed by atoms with Crippen LogP contribution in [0.15, 0.2) is 45.5 Å². The molecule has 0 fully saturated rings. The van der Waals surface area contributed by atoms with E-state index in [4.69, 9.17) is 5.73 Å². The predicted molar refractivity (Wildman–Crippen MR) is 85.0 cm³/mol. The van der Waals surface area contributed by atoms with Gasteiger partial charge in [0.15, 0.2) is 5.78 Å². The van der Waals surface area contributed by atoms with Gasteiger partial charge in [-0.15, -0.1) is 0 Å². The van der Waals surface area contributed by atoms with Crippen LogP contribution in [0.1, 0.15) is 16.1 Å². The normalized spacial score (nSPS) is 11.1. The summed E-state index contributed by atoms with van der Waals surface area (Å²) in [6, 6.07) is 8.88. The third-order valence-corrected chi connectivity index (χ3v) is 4.83. The lowest BCUT2D eigenvalue weighted by atomic mass is 10.1. The standard InChI is InChI=1S/C14H12Br2N2O/c1-18-11(8-12(15)14(18)16)5-6-13(19)9-3-2-4-10(17)7-9/h2-8H,17H2,1H3/b6-5+. The average molecular weight is 384 g/mol. The number of nitrogen functional groups attached to an aromatic ring is 1. The summed E-state index contributed by atoms with van der Waals surface area (Å²) < 4.78 is 3.82. The van der Waals surface area contributed by atoms with Crippen molar-refractivity contribution in [2.24, 2.45) is 7.05 Å². The summed E-state index contributed by atoms with van der Waals surface area (Å²) in [5.41, 5.74) is 7.76. The fourth-order valence-electron chi connectivity index (χ4n) is 1.67. The maximum absolute atomic E-state index is 12.0. The van der Waals surface area contributed by atoms with Crippen LogP contribution in [0.5, 0.6) is 0 Å². The van der Waals surface area contributed by atoms with E-state index >= 15 is 0 Å². The lowest BCUT2D eigenvalue weighted by Gasteiger charge is -1.99. The number of allylic oxidation sites excluding steroid dienone is 1. The molecule has 3 nitrogen and oxygen atoms in total. The minimum Gasteiger partial charge on any atom is -0.399 e. The van der Waals surface area contributed by atoms with Crippen molar-refractivity contribution in [2.45, 2.75) is 0 Å². The Labute approximate surface area is 128 Å². The molecule has 1 aromatic carbocycles. The van der Waals surface area contributed by atoms with Crippen LogP contribution in [0.25, 0.3) is 6.08 Å². The second-order valence-electron chi connectivity index (χ2n) is 4.09. The summed E-state index contributed by atoms with van der Waals surface area (Å²) in [6.45, 7) is 0. The molecule has 0 bridgehead atoms. The molecule has 0 radical (unpaired) electrons. The summed E-state index contributed by atoms with van der Waals surface area (Å²) >= 11 is 6.87. The van der Waals surface area contributed by atoms with Crippen molar-refractivity contribution in [3.63, 3.8) is 0 Å². The fourth-order valence-corrected chi connectivity index (χ4v) is 2.49. The Bertz CT molecular complexity index is 659.